The van der Waals surface area contributed by atoms with E-state index in [0.29, 0.717) is 12.2 Å². The summed E-state index contributed by atoms with van der Waals surface area (Å²) in [6.07, 6.45) is 6.15. The molecule has 0 amide bonds. The Labute approximate surface area is 145 Å². The second-order valence-corrected chi connectivity index (χ2v) is 8.20. The monoisotopic (exact) mass is 347 g/mol. The van der Waals surface area contributed by atoms with Crippen LogP contribution in [0.1, 0.15) is 49.5 Å². The number of benzene rings is 1. The molecule has 1 aromatic carbocycles. The van der Waals surface area contributed by atoms with E-state index < -0.39 is 22.5 Å². The van der Waals surface area contributed by atoms with Gasteiger partial charge in [-0.05, 0) is 55.5 Å². The van der Waals surface area contributed by atoms with Gasteiger partial charge in [0, 0.05) is 16.8 Å². The minimum Gasteiger partial charge on any atom is -0.389 e. The molecule has 24 heavy (non-hydrogen) atoms. The number of rotatable bonds is 7. The van der Waals surface area contributed by atoms with Crippen molar-refractivity contribution < 1.29 is 14.4 Å². The van der Waals surface area contributed by atoms with E-state index in [1.807, 2.05) is 36.4 Å². The van der Waals surface area contributed by atoms with Crippen LogP contribution < -0.4 is 0 Å². The maximum Gasteiger partial charge on any atom is 0.0940 e. The molecule has 130 valence electrons. The summed E-state index contributed by atoms with van der Waals surface area (Å²) < 4.78 is 12.6. The second-order valence-electron chi connectivity index (χ2n) is 6.75. The van der Waals surface area contributed by atoms with Gasteiger partial charge in [-0.15, -0.1) is 0 Å². The van der Waals surface area contributed by atoms with E-state index in [1.165, 1.54) is 0 Å². The highest BCUT2D eigenvalue weighted by molar-refractivity contribution is 7.85. The molecule has 0 aliphatic heterocycles. The van der Waals surface area contributed by atoms with Crippen molar-refractivity contribution in [3.8, 4) is 0 Å². The number of hydrogen-bond acceptors (Lipinski definition) is 3. The molecular formula is C19H25NO3S. The lowest BCUT2D eigenvalue weighted by Crippen LogP contribution is -2.31. The normalized spacial score (nSPS) is 19.2. The number of aryl methyl sites for hydroxylation is 1. The molecule has 4 nitrogen and oxygen atoms in total. The third kappa shape index (κ3) is 4.35. The van der Waals surface area contributed by atoms with Crippen molar-refractivity contribution in [2.24, 2.45) is 0 Å². The number of H-pyrrole nitrogens is 1. The van der Waals surface area contributed by atoms with E-state index in [4.69, 9.17) is 0 Å². The summed E-state index contributed by atoms with van der Waals surface area (Å²) in [6.45, 7) is 0. The Bertz CT molecular complexity index is 678. The van der Waals surface area contributed by atoms with Crippen molar-refractivity contribution in [2.45, 2.75) is 55.1 Å². The predicted molar refractivity (Wildman–Crippen MR) is 95.2 cm³/mol. The molecule has 3 rings (SSSR count). The zero-order valence-corrected chi connectivity index (χ0v) is 14.6. The van der Waals surface area contributed by atoms with Gasteiger partial charge in [-0.1, -0.05) is 25.0 Å². The molecule has 1 aromatic heterocycles. The molecule has 1 heterocycles. The van der Waals surface area contributed by atoms with Gasteiger partial charge in [-0.2, -0.15) is 0 Å². The van der Waals surface area contributed by atoms with Crippen LogP contribution in [0.5, 0.6) is 0 Å². The molecule has 0 spiro atoms. The molecule has 2 atom stereocenters. The average molecular weight is 347 g/mol. The summed E-state index contributed by atoms with van der Waals surface area (Å²) in [5, 5.41) is 20.6. The number of hydrogen-bond donors (Lipinski definition) is 3. The van der Waals surface area contributed by atoms with Crippen LogP contribution in [0.2, 0.25) is 0 Å². The first-order chi connectivity index (χ1) is 11.6. The summed E-state index contributed by atoms with van der Waals surface area (Å²) >= 11 is 0. The molecule has 5 heteroatoms. The molecule has 3 N–H and O–H groups in total. The first-order valence-corrected chi connectivity index (χ1v) is 9.89. The van der Waals surface area contributed by atoms with Crippen LogP contribution in [0.3, 0.4) is 0 Å². The second kappa shape index (κ2) is 7.64. The summed E-state index contributed by atoms with van der Waals surface area (Å²) in [6, 6.07) is 11.4. The van der Waals surface area contributed by atoms with E-state index in [2.05, 4.69) is 4.98 Å². The molecule has 2 unspecified atom stereocenters. The molecule has 0 saturated heterocycles. The Morgan fingerprint density at radius 3 is 2.71 bits per heavy atom. The Hall–Kier alpha value is -1.43. The zero-order valence-electron chi connectivity index (χ0n) is 13.8. The third-order valence-electron chi connectivity index (χ3n) is 4.78. The quantitative estimate of drug-likeness (QED) is 0.720. The third-order valence-corrected chi connectivity index (χ3v) is 6.36. The van der Waals surface area contributed by atoms with Crippen LogP contribution in [0.25, 0.3) is 0 Å². The lowest BCUT2D eigenvalue weighted by molar-refractivity contribution is 0.0723. The van der Waals surface area contributed by atoms with Crippen LogP contribution in [0, 0.1) is 0 Å². The van der Waals surface area contributed by atoms with E-state index in [9.17, 15) is 14.4 Å². The van der Waals surface area contributed by atoms with Crippen LogP contribution in [0.4, 0.5) is 0 Å². The molecule has 2 aromatic rings. The van der Waals surface area contributed by atoms with Gasteiger partial charge in [0.2, 0.25) is 0 Å². The minimum absolute atomic E-state index is 0.321. The molecule has 1 aliphatic carbocycles. The highest BCUT2D eigenvalue weighted by Crippen LogP contribution is 2.31. The fourth-order valence-electron chi connectivity index (χ4n) is 3.36. The largest absolute Gasteiger partial charge is 0.389 e. The maximum atomic E-state index is 12.6. The van der Waals surface area contributed by atoms with Gasteiger partial charge >= 0.3 is 0 Å². The molecule has 1 saturated carbocycles. The van der Waals surface area contributed by atoms with E-state index in [1.54, 1.807) is 6.20 Å². The van der Waals surface area contributed by atoms with Crippen molar-refractivity contribution >= 4 is 10.8 Å². The van der Waals surface area contributed by atoms with Gasteiger partial charge in [0.25, 0.3) is 0 Å². The number of aromatic nitrogens is 1. The number of aromatic amines is 1. The lowest BCUT2D eigenvalue weighted by atomic mass is 10.1. The van der Waals surface area contributed by atoms with Crippen LogP contribution in [-0.4, -0.2) is 30.8 Å². The fraction of sp³-hybridized carbons (Fsp3) is 0.474. The predicted octanol–water partition coefficient (Wildman–Crippen LogP) is 3.09. The smallest absolute Gasteiger partial charge is 0.0940 e. The number of aliphatic hydroxyl groups is 2. The Morgan fingerprint density at radius 2 is 2.00 bits per heavy atom. The summed E-state index contributed by atoms with van der Waals surface area (Å²) in [4.78, 5) is 3.79. The summed E-state index contributed by atoms with van der Waals surface area (Å²) in [5.74, 6) is 0.321. The van der Waals surface area contributed by atoms with Crippen LogP contribution >= 0.6 is 0 Å². The van der Waals surface area contributed by atoms with Crippen molar-refractivity contribution in [3.05, 3.63) is 53.9 Å². The van der Waals surface area contributed by atoms with Gasteiger partial charge in [0.1, 0.15) is 0 Å². The minimum atomic E-state index is -1.19. The van der Waals surface area contributed by atoms with Crippen molar-refractivity contribution in [3.63, 3.8) is 0 Å². The SMILES string of the molecule is O=S(CC1(O)CCCC1)c1cccc(CCC(O)c2ccc[nH]2)c1. The van der Waals surface area contributed by atoms with Gasteiger partial charge in [-0.3, -0.25) is 4.21 Å². The average Bonchev–Trinajstić information content (AvgIpc) is 3.25. The van der Waals surface area contributed by atoms with Crippen LogP contribution in [0.15, 0.2) is 47.5 Å². The lowest BCUT2D eigenvalue weighted by Gasteiger charge is -2.21. The summed E-state index contributed by atoms with van der Waals surface area (Å²) in [5.41, 5.74) is 1.12. The standard InChI is InChI=1S/C19H25NO3S/c21-18(17-7-4-12-20-17)9-8-15-5-3-6-16(13-15)24(23)14-19(22)10-1-2-11-19/h3-7,12-13,18,20-22H,1-2,8-11,14H2. The Kier molecular flexibility index (Phi) is 5.54. The topological polar surface area (TPSA) is 73.3 Å². The zero-order chi connectivity index (χ0) is 17.0. The van der Waals surface area contributed by atoms with Crippen molar-refractivity contribution in [1.82, 2.24) is 4.98 Å². The molecule has 1 aliphatic rings. The van der Waals surface area contributed by atoms with E-state index in [0.717, 1.165) is 48.3 Å². The summed E-state index contributed by atoms with van der Waals surface area (Å²) in [7, 11) is -1.19. The molecule has 0 bridgehead atoms. The highest BCUT2D eigenvalue weighted by Gasteiger charge is 2.33. The first kappa shape index (κ1) is 17.4. The number of aliphatic hydroxyl groups excluding tert-OH is 1. The highest BCUT2D eigenvalue weighted by atomic mass is 32.2. The van der Waals surface area contributed by atoms with Crippen molar-refractivity contribution in [2.75, 3.05) is 5.75 Å². The first-order valence-electron chi connectivity index (χ1n) is 8.57. The van der Waals surface area contributed by atoms with Gasteiger partial charge in [0.05, 0.1) is 28.3 Å². The van der Waals surface area contributed by atoms with E-state index in [-0.39, 0.29) is 0 Å². The van der Waals surface area contributed by atoms with Crippen LogP contribution in [-0.2, 0) is 17.2 Å². The van der Waals surface area contributed by atoms with Gasteiger partial charge in [-0.25, -0.2) is 0 Å². The van der Waals surface area contributed by atoms with Gasteiger partial charge in [0.15, 0.2) is 0 Å². The maximum absolute atomic E-state index is 12.6. The fourth-order valence-corrected chi connectivity index (χ4v) is 4.81. The number of nitrogens with one attached hydrogen (secondary N) is 1. The molecule has 0 radical (unpaired) electrons. The Balaban J connectivity index is 1.60. The molecule has 1 fully saturated rings. The van der Waals surface area contributed by atoms with Crippen molar-refractivity contribution in [1.29, 1.82) is 0 Å². The van der Waals surface area contributed by atoms with Gasteiger partial charge < -0.3 is 15.2 Å². The molecular weight excluding hydrogens is 322 g/mol. The van der Waals surface area contributed by atoms with E-state index >= 15 is 0 Å². The Morgan fingerprint density at radius 1 is 1.21 bits per heavy atom.